The summed E-state index contributed by atoms with van der Waals surface area (Å²) in [4.78, 5) is 0. The molecular weight excluding hydrogens is 767 g/mol. The Bertz CT molecular complexity index is 1280. The maximum absolute atomic E-state index is 8.00. The van der Waals surface area contributed by atoms with Crippen LogP contribution in [0.5, 0.6) is 0 Å². The maximum Gasteiger partial charge on any atom is 0.177 e. The lowest BCUT2D eigenvalue weighted by Gasteiger charge is -2.60. The standard InChI is InChI=1S/C52H94O5P2/c1-35-23-13-17-29-41(35)54-58(55-42-30-18-14-24-36(42)49(2,3)4)45-33-21-27-39-47(45)53-48-40(52(39,11)12)28-22-34-46(48)59(56-43-31-19-15-25-37(43)50(5,6)7)57-44-32-20-16-26-38(44)51(8,9)10/h35-48H,13-34H2,1-12H3. The van der Waals surface area contributed by atoms with Crippen LogP contribution in [0.15, 0.2) is 0 Å². The molecule has 7 fully saturated rings. The van der Waals surface area contributed by atoms with Gasteiger partial charge in [0, 0.05) is 0 Å². The molecule has 1 heterocycles. The van der Waals surface area contributed by atoms with Crippen LogP contribution in [0.25, 0.3) is 0 Å². The van der Waals surface area contributed by atoms with Crippen LogP contribution in [0.3, 0.4) is 0 Å². The Hall–Kier alpha value is 0.660. The quantitative estimate of drug-likeness (QED) is 0.205. The van der Waals surface area contributed by atoms with Crippen LogP contribution < -0.4 is 0 Å². The Kier molecular flexibility index (Phi) is 15.8. The van der Waals surface area contributed by atoms with E-state index in [0.29, 0.717) is 52.9 Å². The second-order valence-corrected chi connectivity index (χ2v) is 28.6. The van der Waals surface area contributed by atoms with E-state index in [9.17, 15) is 0 Å². The monoisotopic (exact) mass is 861 g/mol. The smallest absolute Gasteiger partial charge is 0.177 e. The Balaban J connectivity index is 1.22. The molecule has 7 rings (SSSR count). The van der Waals surface area contributed by atoms with Gasteiger partial charge in [-0.1, -0.05) is 147 Å². The molecule has 6 aliphatic carbocycles. The average Bonchev–Trinajstić information content (AvgIpc) is 3.17. The molecule has 59 heavy (non-hydrogen) atoms. The molecule has 0 amide bonds. The molecule has 6 saturated carbocycles. The van der Waals surface area contributed by atoms with E-state index in [2.05, 4.69) is 83.1 Å². The molecule has 15 unspecified atom stereocenters. The van der Waals surface area contributed by atoms with Crippen molar-refractivity contribution in [2.45, 2.75) is 272 Å². The van der Waals surface area contributed by atoms with Crippen LogP contribution in [0.1, 0.15) is 224 Å². The summed E-state index contributed by atoms with van der Waals surface area (Å²) in [5, 5.41) is 0. The van der Waals surface area contributed by atoms with Gasteiger partial charge in [-0.25, -0.2) is 0 Å². The summed E-state index contributed by atoms with van der Waals surface area (Å²) in [5.41, 5.74) is 1.50. The number of ether oxygens (including phenoxy) is 1. The van der Waals surface area contributed by atoms with Crippen LogP contribution in [0.2, 0.25) is 0 Å². The van der Waals surface area contributed by atoms with Gasteiger partial charge in [0.05, 0.1) is 47.9 Å². The van der Waals surface area contributed by atoms with Gasteiger partial charge in [-0.3, -0.25) is 0 Å². The second-order valence-electron chi connectivity index (χ2n) is 25.3. The topological polar surface area (TPSA) is 46.2 Å². The van der Waals surface area contributed by atoms with Crippen molar-refractivity contribution in [2.24, 2.45) is 57.2 Å². The summed E-state index contributed by atoms with van der Waals surface area (Å²) >= 11 is 0. The van der Waals surface area contributed by atoms with Crippen molar-refractivity contribution < 1.29 is 22.8 Å². The summed E-state index contributed by atoms with van der Waals surface area (Å²) < 4.78 is 38.7. The number of hydrogen-bond donors (Lipinski definition) is 0. The summed E-state index contributed by atoms with van der Waals surface area (Å²) in [6.07, 6.45) is 29.2. The lowest BCUT2D eigenvalue weighted by Crippen LogP contribution is -2.61. The van der Waals surface area contributed by atoms with Crippen molar-refractivity contribution in [1.29, 1.82) is 0 Å². The number of fused-ring (bicyclic) bond motifs is 2. The van der Waals surface area contributed by atoms with E-state index >= 15 is 0 Å². The SMILES string of the molecule is CC1CCCCC1OP(OC1CCCCC1C(C)(C)C)C1CCCC2C1OC1C(P(OC3CCCCC3C(C)(C)C)OC3CCCCC3C(C)(C)C)CCCC1C2(C)C. The van der Waals surface area contributed by atoms with E-state index < -0.39 is 16.8 Å². The summed E-state index contributed by atoms with van der Waals surface area (Å²) in [7, 11) is -2.26. The van der Waals surface area contributed by atoms with Gasteiger partial charge in [-0.15, -0.1) is 0 Å². The van der Waals surface area contributed by atoms with Crippen LogP contribution in [0.4, 0.5) is 0 Å². The molecule has 0 aromatic carbocycles. The zero-order chi connectivity index (χ0) is 42.3. The number of rotatable bonds is 10. The van der Waals surface area contributed by atoms with E-state index in [1.54, 1.807) is 0 Å². The first-order valence-electron chi connectivity index (χ1n) is 25.7. The molecule has 1 saturated heterocycles. The van der Waals surface area contributed by atoms with Gasteiger partial charge in [0.15, 0.2) is 16.8 Å². The zero-order valence-electron chi connectivity index (χ0n) is 40.6. The highest BCUT2D eigenvalue weighted by molar-refractivity contribution is 7.48. The Morgan fingerprint density at radius 3 is 1.08 bits per heavy atom. The zero-order valence-corrected chi connectivity index (χ0v) is 42.4. The molecule has 0 aromatic heterocycles. The van der Waals surface area contributed by atoms with Gasteiger partial charge >= 0.3 is 0 Å². The molecule has 7 heteroatoms. The third kappa shape index (κ3) is 11.0. The molecular formula is C52H94O5P2. The van der Waals surface area contributed by atoms with Crippen molar-refractivity contribution in [3.8, 4) is 0 Å². The molecule has 7 aliphatic rings. The fourth-order valence-electron chi connectivity index (χ4n) is 14.1. The molecule has 0 bridgehead atoms. The first kappa shape index (κ1) is 47.6. The normalized spacial score (nSPS) is 42.3. The highest BCUT2D eigenvalue weighted by Gasteiger charge is 2.60. The molecule has 15 atom stereocenters. The van der Waals surface area contributed by atoms with Crippen LogP contribution in [-0.4, -0.2) is 47.9 Å². The average molecular weight is 861 g/mol. The molecule has 1 aliphatic heterocycles. The van der Waals surface area contributed by atoms with E-state index in [1.807, 2.05) is 0 Å². The molecule has 0 N–H and O–H groups in total. The lowest BCUT2D eigenvalue weighted by atomic mass is 9.57. The lowest BCUT2D eigenvalue weighted by molar-refractivity contribution is -0.199. The van der Waals surface area contributed by atoms with Crippen molar-refractivity contribution in [3.63, 3.8) is 0 Å². The Morgan fingerprint density at radius 2 is 0.729 bits per heavy atom. The van der Waals surface area contributed by atoms with E-state index in [1.165, 1.54) is 141 Å². The summed E-state index contributed by atoms with van der Waals surface area (Å²) in [6.45, 7) is 29.9. The third-order valence-electron chi connectivity index (χ3n) is 17.8. The highest BCUT2D eigenvalue weighted by Crippen LogP contribution is 2.66. The molecule has 0 aromatic rings. The van der Waals surface area contributed by atoms with E-state index in [0.717, 1.165) is 0 Å². The highest BCUT2D eigenvalue weighted by atomic mass is 31.2. The molecule has 5 nitrogen and oxygen atoms in total. The van der Waals surface area contributed by atoms with Gasteiger partial charge in [0.2, 0.25) is 0 Å². The molecule has 0 spiro atoms. The van der Waals surface area contributed by atoms with Gasteiger partial charge in [-0.05, 0) is 134 Å². The van der Waals surface area contributed by atoms with Crippen molar-refractivity contribution in [1.82, 2.24) is 0 Å². The van der Waals surface area contributed by atoms with Crippen molar-refractivity contribution in [2.75, 3.05) is 0 Å². The fourth-order valence-corrected chi connectivity index (χ4v) is 18.8. The second kappa shape index (κ2) is 19.6. The number of hydrogen-bond acceptors (Lipinski definition) is 5. The first-order chi connectivity index (χ1) is 27.8. The van der Waals surface area contributed by atoms with Crippen LogP contribution in [0, 0.1) is 57.2 Å². The van der Waals surface area contributed by atoms with Crippen molar-refractivity contribution >= 4 is 16.8 Å². The van der Waals surface area contributed by atoms with Crippen molar-refractivity contribution in [3.05, 3.63) is 0 Å². The van der Waals surface area contributed by atoms with Gasteiger partial charge in [-0.2, -0.15) is 0 Å². The Morgan fingerprint density at radius 1 is 0.407 bits per heavy atom. The predicted molar refractivity (Wildman–Crippen MR) is 250 cm³/mol. The predicted octanol–water partition coefficient (Wildman–Crippen LogP) is 16.2. The largest absolute Gasteiger partial charge is 0.373 e. The third-order valence-corrected chi connectivity index (χ3v) is 21.9. The van der Waals surface area contributed by atoms with Crippen LogP contribution >= 0.6 is 16.8 Å². The Labute approximate surface area is 367 Å². The van der Waals surface area contributed by atoms with Gasteiger partial charge < -0.3 is 22.8 Å². The van der Waals surface area contributed by atoms with Gasteiger partial charge in [0.25, 0.3) is 0 Å². The minimum atomic E-state index is -1.15. The maximum atomic E-state index is 8.00. The summed E-state index contributed by atoms with van der Waals surface area (Å²) in [5.74, 6) is 3.39. The minimum absolute atomic E-state index is 0.169. The minimum Gasteiger partial charge on any atom is -0.373 e. The first-order valence-corrected chi connectivity index (χ1v) is 28.2. The van der Waals surface area contributed by atoms with Crippen LogP contribution in [-0.2, 0) is 22.8 Å². The van der Waals surface area contributed by atoms with E-state index in [4.69, 9.17) is 22.8 Å². The summed E-state index contributed by atoms with van der Waals surface area (Å²) in [6, 6.07) is 0. The van der Waals surface area contributed by atoms with Gasteiger partial charge in [0.1, 0.15) is 0 Å². The van der Waals surface area contributed by atoms with E-state index in [-0.39, 0.29) is 52.2 Å². The fraction of sp³-hybridized carbons (Fsp3) is 1.00. The molecule has 0 radical (unpaired) electrons. The molecule has 342 valence electrons.